The third kappa shape index (κ3) is 4.60. The van der Waals surface area contributed by atoms with Crippen molar-refractivity contribution in [1.82, 2.24) is 4.72 Å². The van der Waals surface area contributed by atoms with Crippen LogP contribution in [0.3, 0.4) is 0 Å². The summed E-state index contributed by atoms with van der Waals surface area (Å²) in [6, 6.07) is 7.04. The molecule has 5 heteroatoms. The van der Waals surface area contributed by atoms with E-state index in [0.29, 0.717) is 23.9 Å². The van der Waals surface area contributed by atoms with Crippen molar-refractivity contribution in [2.45, 2.75) is 32.1 Å². The van der Waals surface area contributed by atoms with Gasteiger partial charge in [-0.2, -0.15) is 0 Å². The minimum absolute atomic E-state index is 0.0295. The lowest BCUT2D eigenvalue weighted by molar-refractivity contribution is 0.282. The predicted octanol–water partition coefficient (Wildman–Crippen LogP) is 1.64. The Kier molecular flexibility index (Phi) is 4.60. The zero-order chi connectivity index (χ0) is 13.9. The minimum Gasteiger partial charge on any atom is -0.392 e. The first kappa shape index (κ1) is 14.5. The van der Waals surface area contributed by atoms with Gasteiger partial charge in [0.2, 0.25) is 10.0 Å². The Morgan fingerprint density at radius 2 is 2.05 bits per heavy atom. The quantitative estimate of drug-likeness (QED) is 0.799. The third-order valence-corrected chi connectivity index (χ3v) is 4.90. The number of aliphatic hydroxyl groups excluding tert-OH is 1. The Bertz CT molecular complexity index is 523. The van der Waals surface area contributed by atoms with Gasteiger partial charge in [-0.1, -0.05) is 31.2 Å². The van der Waals surface area contributed by atoms with Gasteiger partial charge in [0, 0.05) is 6.54 Å². The van der Waals surface area contributed by atoms with E-state index in [-0.39, 0.29) is 12.4 Å². The van der Waals surface area contributed by atoms with Crippen LogP contribution in [0.15, 0.2) is 24.3 Å². The molecular formula is C14H21NO3S. The van der Waals surface area contributed by atoms with Crippen molar-refractivity contribution in [3.8, 4) is 0 Å². The highest BCUT2D eigenvalue weighted by Crippen LogP contribution is 2.36. The van der Waals surface area contributed by atoms with Crippen LogP contribution in [0.2, 0.25) is 0 Å². The topological polar surface area (TPSA) is 66.4 Å². The number of rotatable bonds is 7. The molecule has 1 fully saturated rings. The largest absolute Gasteiger partial charge is 0.392 e. The summed E-state index contributed by atoms with van der Waals surface area (Å²) < 4.78 is 26.6. The van der Waals surface area contributed by atoms with Crippen LogP contribution in [0, 0.1) is 11.8 Å². The van der Waals surface area contributed by atoms with Crippen molar-refractivity contribution in [2.75, 3.05) is 6.54 Å². The van der Waals surface area contributed by atoms with Gasteiger partial charge in [-0.15, -0.1) is 0 Å². The van der Waals surface area contributed by atoms with Crippen LogP contribution < -0.4 is 4.72 Å². The summed E-state index contributed by atoms with van der Waals surface area (Å²) in [5.41, 5.74) is 1.44. The average Bonchev–Trinajstić information content (AvgIpc) is 3.20. The molecule has 19 heavy (non-hydrogen) atoms. The fraction of sp³-hybridized carbons (Fsp3) is 0.571. The van der Waals surface area contributed by atoms with Crippen LogP contribution in [0.4, 0.5) is 0 Å². The Labute approximate surface area is 114 Å². The molecule has 1 aliphatic rings. The molecule has 1 aliphatic carbocycles. The molecule has 1 aromatic carbocycles. The van der Waals surface area contributed by atoms with Crippen molar-refractivity contribution in [3.63, 3.8) is 0 Å². The second-order valence-electron chi connectivity index (χ2n) is 5.40. The van der Waals surface area contributed by atoms with Crippen molar-refractivity contribution in [1.29, 1.82) is 0 Å². The summed E-state index contributed by atoms with van der Waals surface area (Å²) in [5, 5.41) is 9.04. The summed E-state index contributed by atoms with van der Waals surface area (Å²) in [7, 11) is -3.29. The molecule has 1 saturated carbocycles. The molecule has 0 aromatic heterocycles. The fourth-order valence-electron chi connectivity index (χ4n) is 2.18. The minimum atomic E-state index is -3.29. The summed E-state index contributed by atoms with van der Waals surface area (Å²) in [4.78, 5) is 0. The van der Waals surface area contributed by atoms with Gasteiger partial charge in [0.05, 0.1) is 12.4 Å². The highest BCUT2D eigenvalue weighted by atomic mass is 32.2. The molecule has 2 N–H and O–H groups in total. The molecule has 1 aromatic rings. The molecule has 0 spiro atoms. The van der Waals surface area contributed by atoms with Crippen molar-refractivity contribution in [3.05, 3.63) is 35.4 Å². The van der Waals surface area contributed by atoms with Crippen molar-refractivity contribution < 1.29 is 13.5 Å². The SMILES string of the molecule is CC(CNS(=O)(=O)Cc1cccc(CO)c1)C1CC1. The molecule has 0 saturated heterocycles. The lowest BCUT2D eigenvalue weighted by atomic mass is 10.1. The van der Waals surface area contributed by atoms with Crippen molar-refractivity contribution in [2.24, 2.45) is 11.8 Å². The van der Waals surface area contributed by atoms with Crippen LogP contribution >= 0.6 is 0 Å². The summed E-state index contributed by atoms with van der Waals surface area (Å²) in [6.07, 6.45) is 2.45. The van der Waals surface area contributed by atoms with E-state index in [1.54, 1.807) is 24.3 Å². The van der Waals surface area contributed by atoms with Gasteiger partial charge >= 0.3 is 0 Å². The highest BCUT2D eigenvalue weighted by molar-refractivity contribution is 7.88. The maximum atomic E-state index is 12.0. The molecule has 0 bridgehead atoms. The maximum Gasteiger partial charge on any atom is 0.215 e. The molecule has 1 atom stereocenters. The molecule has 0 heterocycles. The predicted molar refractivity (Wildman–Crippen MR) is 74.9 cm³/mol. The number of benzene rings is 1. The van der Waals surface area contributed by atoms with E-state index >= 15 is 0 Å². The van der Waals surface area contributed by atoms with Crippen LogP contribution in [0.1, 0.15) is 30.9 Å². The molecule has 0 radical (unpaired) electrons. The zero-order valence-electron chi connectivity index (χ0n) is 11.2. The number of sulfonamides is 1. The summed E-state index contributed by atoms with van der Waals surface area (Å²) in [5.74, 6) is 1.08. The molecule has 4 nitrogen and oxygen atoms in total. The fourth-order valence-corrected chi connectivity index (χ4v) is 3.42. The molecule has 0 aliphatic heterocycles. The van der Waals surface area contributed by atoms with Crippen LogP contribution in [-0.4, -0.2) is 20.1 Å². The second-order valence-corrected chi connectivity index (χ2v) is 7.21. The highest BCUT2D eigenvalue weighted by Gasteiger charge is 2.28. The summed E-state index contributed by atoms with van der Waals surface area (Å²) in [6.45, 7) is 2.54. The number of nitrogens with one attached hydrogen (secondary N) is 1. The van der Waals surface area contributed by atoms with Gasteiger partial charge in [-0.25, -0.2) is 13.1 Å². The van der Waals surface area contributed by atoms with Crippen LogP contribution in [0.5, 0.6) is 0 Å². The van der Waals surface area contributed by atoms with E-state index in [2.05, 4.69) is 11.6 Å². The number of aliphatic hydroxyl groups is 1. The lowest BCUT2D eigenvalue weighted by Crippen LogP contribution is -2.30. The van der Waals surface area contributed by atoms with E-state index in [0.717, 1.165) is 5.56 Å². The van der Waals surface area contributed by atoms with E-state index in [1.165, 1.54) is 12.8 Å². The Balaban J connectivity index is 1.91. The van der Waals surface area contributed by atoms with E-state index in [4.69, 9.17) is 5.11 Å². The lowest BCUT2D eigenvalue weighted by Gasteiger charge is -2.12. The van der Waals surface area contributed by atoms with Gasteiger partial charge < -0.3 is 5.11 Å². The average molecular weight is 283 g/mol. The molecule has 1 unspecified atom stereocenters. The first-order valence-electron chi connectivity index (χ1n) is 6.66. The molecule has 2 rings (SSSR count). The van der Waals surface area contributed by atoms with E-state index in [1.807, 2.05) is 0 Å². The molecule has 0 amide bonds. The van der Waals surface area contributed by atoms with Gasteiger partial charge in [-0.3, -0.25) is 0 Å². The van der Waals surface area contributed by atoms with E-state index in [9.17, 15) is 8.42 Å². The smallest absolute Gasteiger partial charge is 0.215 e. The first-order valence-corrected chi connectivity index (χ1v) is 8.31. The van der Waals surface area contributed by atoms with Crippen molar-refractivity contribution >= 4 is 10.0 Å². The normalized spacial score (nSPS) is 17.4. The van der Waals surface area contributed by atoms with Gasteiger partial charge in [0.1, 0.15) is 0 Å². The number of hydrogen-bond donors (Lipinski definition) is 2. The zero-order valence-corrected chi connectivity index (χ0v) is 12.0. The Hall–Kier alpha value is -0.910. The first-order chi connectivity index (χ1) is 9.00. The van der Waals surface area contributed by atoms with Crippen LogP contribution in [-0.2, 0) is 22.4 Å². The van der Waals surface area contributed by atoms with E-state index < -0.39 is 10.0 Å². The maximum absolute atomic E-state index is 12.0. The van der Waals surface area contributed by atoms with Gasteiger partial charge in [0.15, 0.2) is 0 Å². The monoisotopic (exact) mass is 283 g/mol. The third-order valence-electron chi connectivity index (χ3n) is 3.58. The molecule has 106 valence electrons. The summed E-state index contributed by atoms with van der Waals surface area (Å²) >= 11 is 0. The Morgan fingerprint density at radius 1 is 1.37 bits per heavy atom. The van der Waals surface area contributed by atoms with Gasteiger partial charge in [-0.05, 0) is 35.8 Å². The Morgan fingerprint density at radius 3 is 2.68 bits per heavy atom. The standard InChI is InChI=1S/C14H21NO3S/c1-11(14-5-6-14)8-15-19(17,18)10-13-4-2-3-12(7-13)9-16/h2-4,7,11,14-16H,5-6,8-10H2,1H3. The van der Waals surface area contributed by atoms with Gasteiger partial charge in [0.25, 0.3) is 0 Å². The number of hydrogen-bond acceptors (Lipinski definition) is 3. The molecular weight excluding hydrogens is 262 g/mol. The second kappa shape index (κ2) is 6.03. The van der Waals surface area contributed by atoms with Crippen LogP contribution in [0.25, 0.3) is 0 Å².